The zero-order chi connectivity index (χ0) is 16.8. The van der Waals surface area contributed by atoms with E-state index in [1.165, 1.54) is 28.9 Å². The highest BCUT2D eigenvalue weighted by Crippen LogP contribution is 2.30. The minimum Gasteiger partial charge on any atom is -0.377 e. The summed E-state index contributed by atoms with van der Waals surface area (Å²) in [6.07, 6.45) is 1.46. The number of nitrogens with zero attached hydrogens (tertiary/aromatic N) is 4. The first-order chi connectivity index (χ1) is 11.5. The van der Waals surface area contributed by atoms with E-state index in [9.17, 15) is 8.78 Å². The Kier molecular flexibility index (Phi) is 3.62. The Balaban J connectivity index is 1.86. The maximum absolute atomic E-state index is 14.1. The molecule has 0 bridgehead atoms. The van der Waals surface area contributed by atoms with Gasteiger partial charge in [-0.15, -0.1) is 0 Å². The second-order valence-corrected chi connectivity index (χ2v) is 6.31. The van der Waals surface area contributed by atoms with E-state index >= 15 is 0 Å². The molecule has 5 nitrogen and oxygen atoms in total. The number of benzene rings is 1. The number of anilines is 1. The first-order valence-electron chi connectivity index (χ1n) is 7.46. The number of likely N-dealkylation sites (N-methyl/N-ethyl adjacent to an activating group) is 1. The van der Waals surface area contributed by atoms with Crippen LogP contribution < -0.4 is 5.32 Å². The van der Waals surface area contributed by atoms with Crippen LogP contribution in [-0.2, 0) is 0 Å². The van der Waals surface area contributed by atoms with Gasteiger partial charge in [0.1, 0.15) is 11.6 Å². The Hall–Kier alpha value is -2.25. The van der Waals surface area contributed by atoms with Crippen LogP contribution in [0.15, 0.2) is 30.5 Å². The third-order valence-electron chi connectivity index (χ3n) is 4.07. The number of fused-ring (bicyclic) bond motifs is 1. The molecule has 3 heterocycles. The molecule has 0 amide bonds. The molecule has 1 aromatic carbocycles. The van der Waals surface area contributed by atoms with Crippen molar-refractivity contribution in [2.75, 3.05) is 25.5 Å². The lowest BCUT2D eigenvalue weighted by Crippen LogP contribution is -2.52. The maximum atomic E-state index is 14.1. The quantitative estimate of drug-likeness (QED) is 0.789. The fourth-order valence-electron chi connectivity index (χ4n) is 2.92. The second-order valence-electron chi connectivity index (χ2n) is 5.92. The van der Waals surface area contributed by atoms with E-state index in [2.05, 4.69) is 20.3 Å². The molecule has 4 rings (SSSR count). The van der Waals surface area contributed by atoms with Crippen molar-refractivity contribution in [1.29, 1.82) is 0 Å². The monoisotopic (exact) mass is 349 g/mol. The molecule has 1 N–H and O–H groups in total. The largest absolute Gasteiger partial charge is 0.377 e. The van der Waals surface area contributed by atoms with E-state index in [0.29, 0.717) is 11.3 Å². The molecular formula is C16H14ClF2N5. The van der Waals surface area contributed by atoms with Crippen LogP contribution in [0, 0.1) is 11.6 Å². The van der Waals surface area contributed by atoms with Crippen molar-refractivity contribution < 1.29 is 8.78 Å². The predicted octanol–water partition coefficient (Wildman–Crippen LogP) is 3.05. The molecule has 2 aromatic heterocycles. The summed E-state index contributed by atoms with van der Waals surface area (Å²) in [7, 11) is 2.02. The van der Waals surface area contributed by atoms with Crippen molar-refractivity contribution in [3.8, 4) is 11.3 Å². The average Bonchev–Trinajstić information content (AvgIpc) is 2.87. The summed E-state index contributed by atoms with van der Waals surface area (Å²) in [5.41, 5.74) is 1.15. The second kappa shape index (κ2) is 5.68. The van der Waals surface area contributed by atoms with Gasteiger partial charge in [-0.25, -0.2) is 13.8 Å². The Morgan fingerprint density at radius 3 is 2.62 bits per heavy atom. The van der Waals surface area contributed by atoms with Crippen LogP contribution in [0.25, 0.3) is 16.9 Å². The van der Waals surface area contributed by atoms with Gasteiger partial charge in [-0.2, -0.15) is 9.61 Å². The molecule has 0 unspecified atom stereocenters. The molecule has 1 aliphatic heterocycles. The summed E-state index contributed by atoms with van der Waals surface area (Å²) in [6.45, 7) is 1.76. The van der Waals surface area contributed by atoms with Gasteiger partial charge in [0.2, 0.25) is 0 Å². The molecule has 1 saturated heterocycles. The number of rotatable bonds is 3. The van der Waals surface area contributed by atoms with Gasteiger partial charge in [-0.3, -0.25) is 0 Å². The molecule has 0 spiro atoms. The van der Waals surface area contributed by atoms with Gasteiger partial charge in [0.15, 0.2) is 10.8 Å². The molecular weight excluding hydrogens is 336 g/mol. The summed E-state index contributed by atoms with van der Waals surface area (Å²) >= 11 is 6.11. The van der Waals surface area contributed by atoms with Gasteiger partial charge in [-0.1, -0.05) is 17.7 Å². The third kappa shape index (κ3) is 2.50. The van der Waals surface area contributed by atoms with E-state index in [-0.39, 0.29) is 22.5 Å². The number of aromatic nitrogens is 3. The SMILES string of the molecule is CN1CC(Nc2cc(-c3c(F)cccc3F)nn3c(Cl)cnc23)C1. The van der Waals surface area contributed by atoms with Crippen LogP contribution in [0.1, 0.15) is 0 Å². The average molecular weight is 350 g/mol. The standard InChI is InChI=1S/C16H14ClF2N5/c1-23-7-9(8-23)21-13-5-12(15-10(18)3-2-4-11(15)19)22-24-14(17)6-20-16(13)24/h2-6,9,21H,7-8H2,1H3. The third-order valence-corrected chi connectivity index (χ3v) is 4.33. The molecule has 0 atom stereocenters. The number of imidazole rings is 1. The van der Waals surface area contributed by atoms with Crippen molar-refractivity contribution in [1.82, 2.24) is 19.5 Å². The van der Waals surface area contributed by atoms with Gasteiger partial charge < -0.3 is 10.2 Å². The topological polar surface area (TPSA) is 45.5 Å². The zero-order valence-electron chi connectivity index (χ0n) is 12.8. The van der Waals surface area contributed by atoms with Gasteiger partial charge in [-0.05, 0) is 25.2 Å². The number of nitrogens with one attached hydrogen (secondary N) is 1. The molecule has 1 fully saturated rings. The van der Waals surface area contributed by atoms with Gasteiger partial charge in [0, 0.05) is 13.1 Å². The van der Waals surface area contributed by atoms with Crippen molar-refractivity contribution in [3.63, 3.8) is 0 Å². The molecule has 0 aliphatic carbocycles. The number of hydrogen-bond acceptors (Lipinski definition) is 4. The summed E-state index contributed by atoms with van der Waals surface area (Å²) in [5.74, 6) is -1.35. The van der Waals surface area contributed by atoms with E-state index in [1.54, 1.807) is 6.07 Å². The van der Waals surface area contributed by atoms with E-state index in [4.69, 9.17) is 11.6 Å². The Labute approximate surface area is 141 Å². The number of likely N-dealkylation sites (tertiary alicyclic amines) is 1. The number of hydrogen-bond donors (Lipinski definition) is 1. The predicted molar refractivity (Wildman–Crippen MR) is 88.3 cm³/mol. The summed E-state index contributed by atoms with van der Waals surface area (Å²) in [6, 6.07) is 5.58. The lowest BCUT2D eigenvalue weighted by atomic mass is 10.1. The van der Waals surface area contributed by atoms with Gasteiger partial charge in [0.25, 0.3) is 0 Å². The van der Waals surface area contributed by atoms with Gasteiger partial charge >= 0.3 is 0 Å². The molecule has 1 aliphatic rings. The highest BCUT2D eigenvalue weighted by Gasteiger charge is 2.25. The molecule has 0 radical (unpaired) electrons. The lowest BCUT2D eigenvalue weighted by molar-refractivity contribution is 0.205. The fraction of sp³-hybridized carbons (Fsp3) is 0.250. The smallest absolute Gasteiger partial charge is 0.178 e. The first-order valence-corrected chi connectivity index (χ1v) is 7.84. The normalized spacial score (nSPS) is 15.7. The lowest BCUT2D eigenvalue weighted by Gasteiger charge is -2.37. The van der Waals surface area contributed by atoms with Gasteiger partial charge in [0.05, 0.1) is 29.2 Å². The molecule has 3 aromatic rings. The van der Waals surface area contributed by atoms with Crippen LogP contribution in [0.4, 0.5) is 14.5 Å². The summed E-state index contributed by atoms with van der Waals surface area (Å²) in [4.78, 5) is 6.39. The number of halogens is 3. The van der Waals surface area contributed by atoms with Crippen LogP contribution in [0.3, 0.4) is 0 Å². The Morgan fingerprint density at radius 1 is 1.25 bits per heavy atom. The van der Waals surface area contributed by atoms with E-state index in [0.717, 1.165) is 13.1 Å². The van der Waals surface area contributed by atoms with Crippen LogP contribution in [0.2, 0.25) is 5.15 Å². The minimum atomic E-state index is -0.674. The van der Waals surface area contributed by atoms with Crippen molar-refractivity contribution in [2.45, 2.75) is 6.04 Å². The van der Waals surface area contributed by atoms with Crippen LogP contribution in [-0.4, -0.2) is 45.7 Å². The van der Waals surface area contributed by atoms with Crippen molar-refractivity contribution in [2.24, 2.45) is 0 Å². The first kappa shape index (κ1) is 15.3. The van der Waals surface area contributed by atoms with Crippen molar-refractivity contribution >= 4 is 22.9 Å². The Morgan fingerprint density at radius 2 is 1.96 bits per heavy atom. The molecule has 8 heteroatoms. The molecule has 124 valence electrons. The highest BCUT2D eigenvalue weighted by atomic mass is 35.5. The highest BCUT2D eigenvalue weighted by molar-refractivity contribution is 6.29. The fourth-order valence-corrected chi connectivity index (χ4v) is 3.09. The van der Waals surface area contributed by atoms with Crippen LogP contribution >= 0.6 is 11.6 Å². The van der Waals surface area contributed by atoms with E-state index in [1.807, 2.05) is 7.05 Å². The summed E-state index contributed by atoms with van der Waals surface area (Å²) in [5, 5.41) is 7.87. The maximum Gasteiger partial charge on any atom is 0.178 e. The summed E-state index contributed by atoms with van der Waals surface area (Å²) < 4.78 is 29.6. The molecule has 0 saturated carbocycles. The van der Waals surface area contributed by atoms with E-state index < -0.39 is 11.6 Å². The van der Waals surface area contributed by atoms with Crippen LogP contribution in [0.5, 0.6) is 0 Å². The molecule has 24 heavy (non-hydrogen) atoms. The van der Waals surface area contributed by atoms with Crippen molar-refractivity contribution in [3.05, 3.63) is 47.2 Å². The Bertz CT molecular complexity index is 900. The zero-order valence-corrected chi connectivity index (χ0v) is 13.6. The minimum absolute atomic E-state index is 0.160.